The van der Waals surface area contributed by atoms with Gasteiger partial charge in [-0.1, -0.05) is 13.8 Å². The van der Waals surface area contributed by atoms with Crippen LogP contribution in [0.4, 0.5) is 5.82 Å². The Kier molecular flexibility index (Phi) is 6.58. The van der Waals surface area contributed by atoms with Crippen molar-refractivity contribution in [2.45, 2.75) is 46.2 Å². The van der Waals surface area contributed by atoms with Gasteiger partial charge in [-0.2, -0.15) is 16.9 Å². The molecule has 108 valence electrons. The van der Waals surface area contributed by atoms with E-state index in [0.29, 0.717) is 12.6 Å². The highest BCUT2D eigenvalue weighted by Gasteiger charge is 2.19. The average Bonchev–Trinajstić information content (AvgIpc) is 2.44. The number of anilines is 1. The predicted octanol–water partition coefficient (Wildman–Crippen LogP) is 2.25. The van der Waals surface area contributed by atoms with Crippen molar-refractivity contribution in [3.63, 3.8) is 0 Å². The van der Waals surface area contributed by atoms with E-state index in [2.05, 4.69) is 49.2 Å². The van der Waals surface area contributed by atoms with Crippen LogP contribution in [0, 0.1) is 0 Å². The molecule has 1 aromatic heterocycles. The van der Waals surface area contributed by atoms with Crippen LogP contribution in [0.1, 0.15) is 37.6 Å². The third-order valence-electron chi connectivity index (χ3n) is 3.54. The number of rotatable bonds is 7. The number of aryl methyl sites for hydroxylation is 1. The fraction of sp³-hybridized carbons (Fsp3) is 0.714. The topological polar surface area (TPSA) is 55.0 Å². The first-order valence-electron chi connectivity index (χ1n) is 6.89. The van der Waals surface area contributed by atoms with Crippen LogP contribution in [0.5, 0.6) is 0 Å². The monoisotopic (exact) mass is 282 g/mol. The third kappa shape index (κ3) is 3.60. The first-order chi connectivity index (χ1) is 9.10. The minimum Gasteiger partial charge on any atom is -0.354 e. The summed E-state index contributed by atoms with van der Waals surface area (Å²) >= 11 is 1.84. The Balaban J connectivity index is 3.20. The molecular formula is C14H26N4S. The van der Waals surface area contributed by atoms with Crippen molar-refractivity contribution in [2.75, 3.05) is 24.0 Å². The molecule has 1 heterocycles. The zero-order valence-electron chi connectivity index (χ0n) is 12.7. The molecule has 0 spiro atoms. The van der Waals surface area contributed by atoms with Crippen molar-refractivity contribution in [1.29, 1.82) is 0 Å². The molecule has 2 N–H and O–H groups in total. The molecule has 0 amide bonds. The first-order valence-corrected chi connectivity index (χ1v) is 8.29. The van der Waals surface area contributed by atoms with Gasteiger partial charge in [-0.3, -0.25) is 0 Å². The Morgan fingerprint density at radius 2 is 1.89 bits per heavy atom. The number of hydrogen-bond donors (Lipinski definition) is 1. The lowest BCUT2D eigenvalue weighted by atomic mass is 10.0. The Bertz CT molecular complexity index is 409. The molecule has 1 unspecified atom stereocenters. The predicted molar refractivity (Wildman–Crippen MR) is 84.9 cm³/mol. The zero-order valence-corrected chi connectivity index (χ0v) is 13.5. The van der Waals surface area contributed by atoms with Gasteiger partial charge in [0.25, 0.3) is 0 Å². The van der Waals surface area contributed by atoms with Gasteiger partial charge in [0, 0.05) is 31.0 Å². The van der Waals surface area contributed by atoms with Crippen LogP contribution in [0.15, 0.2) is 0 Å². The maximum Gasteiger partial charge on any atom is 0.156 e. The number of hydrogen-bond acceptors (Lipinski definition) is 5. The molecule has 0 saturated heterocycles. The smallest absolute Gasteiger partial charge is 0.156 e. The van der Waals surface area contributed by atoms with E-state index in [-0.39, 0.29) is 0 Å². The average molecular weight is 282 g/mol. The Hall–Kier alpha value is -0.810. The molecule has 1 rings (SSSR count). The van der Waals surface area contributed by atoms with Gasteiger partial charge in [0.15, 0.2) is 5.82 Å². The van der Waals surface area contributed by atoms with Crippen LogP contribution < -0.4 is 10.6 Å². The molecule has 4 nitrogen and oxygen atoms in total. The minimum absolute atomic E-state index is 0.423. The Morgan fingerprint density at radius 3 is 2.37 bits per heavy atom. The molecule has 1 aromatic rings. The van der Waals surface area contributed by atoms with Gasteiger partial charge in [0.1, 0.15) is 0 Å². The van der Waals surface area contributed by atoms with Crippen molar-refractivity contribution in [1.82, 2.24) is 10.2 Å². The van der Waals surface area contributed by atoms with Gasteiger partial charge in [0.05, 0.1) is 5.69 Å². The fourth-order valence-electron chi connectivity index (χ4n) is 2.30. The highest BCUT2D eigenvalue weighted by Crippen LogP contribution is 2.24. The molecule has 0 fully saturated rings. The summed E-state index contributed by atoms with van der Waals surface area (Å²) in [6, 6.07) is 0.423. The van der Waals surface area contributed by atoms with Gasteiger partial charge in [-0.25, -0.2) is 0 Å². The molecule has 0 radical (unpaired) electrons. The largest absolute Gasteiger partial charge is 0.354 e. The van der Waals surface area contributed by atoms with Gasteiger partial charge >= 0.3 is 0 Å². The van der Waals surface area contributed by atoms with Crippen LogP contribution in [0.2, 0.25) is 0 Å². The van der Waals surface area contributed by atoms with Gasteiger partial charge in [-0.15, -0.1) is 5.10 Å². The van der Waals surface area contributed by atoms with E-state index in [4.69, 9.17) is 5.73 Å². The second-order valence-corrected chi connectivity index (χ2v) is 5.66. The van der Waals surface area contributed by atoms with Crippen molar-refractivity contribution < 1.29 is 0 Å². The summed E-state index contributed by atoms with van der Waals surface area (Å²) in [7, 11) is 2.08. The number of thioether (sulfide) groups is 1. The number of nitrogens with two attached hydrogens (primary N) is 1. The molecule has 0 aliphatic heterocycles. The SMILES string of the molecule is CCc1nnc(N(C)C(C)CSC)c(CN)c1CC. The van der Waals surface area contributed by atoms with E-state index in [9.17, 15) is 0 Å². The van der Waals surface area contributed by atoms with E-state index in [0.717, 1.165) is 35.7 Å². The summed E-state index contributed by atoms with van der Waals surface area (Å²) in [4.78, 5) is 2.20. The second kappa shape index (κ2) is 7.70. The molecule has 0 aliphatic rings. The maximum absolute atomic E-state index is 5.96. The Morgan fingerprint density at radius 1 is 1.21 bits per heavy atom. The van der Waals surface area contributed by atoms with Crippen LogP contribution in [-0.4, -0.2) is 35.3 Å². The van der Waals surface area contributed by atoms with E-state index < -0.39 is 0 Å². The third-order valence-corrected chi connectivity index (χ3v) is 4.36. The number of aromatic nitrogens is 2. The minimum atomic E-state index is 0.423. The molecular weight excluding hydrogens is 256 g/mol. The lowest BCUT2D eigenvalue weighted by molar-refractivity contribution is 0.722. The van der Waals surface area contributed by atoms with E-state index in [1.165, 1.54) is 5.56 Å². The zero-order chi connectivity index (χ0) is 14.4. The highest BCUT2D eigenvalue weighted by molar-refractivity contribution is 7.98. The van der Waals surface area contributed by atoms with Gasteiger partial charge in [0.2, 0.25) is 0 Å². The molecule has 0 bridgehead atoms. The second-order valence-electron chi connectivity index (χ2n) is 4.75. The first kappa shape index (κ1) is 16.2. The molecule has 0 saturated carbocycles. The van der Waals surface area contributed by atoms with Crippen LogP contribution in [0.3, 0.4) is 0 Å². The quantitative estimate of drug-likeness (QED) is 0.831. The fourth-order valence-corrected chi connectivity index (χ4v) is 3.00. The van der Waals surface area contributed by atoms with Crippen LogP contribution in [0.25, 0.3) is 0 Å². The molecule has 1 atom stereocenters. The van der Waals surface area contributed by atoms with E-state index >= 15 is 0 Å². The van der Waals surface area contributed by atoms with Crippen molar-refractivity contribution in [3.05, 3.63) is 16.8 Å². The van der Waals surface area contributed by atoms with Gasteiger partial charge in [-0.05, 0) is 31.6 Å². The summed E-state index contributed by atoms with van der Waals surface area (Å²) in [6.07, 6.45) is 3.99. The van der Waals surface area contributed by atoms with Gasteiger partial charge < -0.3 is 10.6 Å². The van der Waals surface area contributed by atoms with E-state index in [1.54, 1.807) is 0 Å². The lowest BCUT2D eigenvalue weighted by Crippen LogP contribution is -2.33. The molecule has 19 heavy (non-hydrogen) atoms. The standard InChI is InChI=1S/C14H26N4S/c1-6-11-12(8-15)14(17-16-13(11)7-2)18(4)10(3)9-19-5/h10H,6-9,15H2,1-5H3. The highest BCUT2D eigenvalue weighted by atomic mass is 32.2. The number of nitrogens with zero attached hydrogens (tertiary/aromatic N) is 3. The van der Waals surface area contributed by atoms with Crippen molar-refractivity contribution in [3.8, 4) is 0 Å². The van der Waals surface area contributed by atoms with Crippen LogP contribution >= 0.6 is 11.8 Å². The van der Waals surface area contributed by atoms with Crippen LogP contribution in [-0.2, 0) is 19.4 Å². The lowest BCUT2D eigenvalue weighted by Gasteiger charge is -2.28. The molecule has 0 aliphatic carbocycles. The van der Waals surface area contributed by atoms with E-state index in [1.807, 2.05) is 11.8 Å². The molecule has 0 aromatic carbocycles. The van der Waals surface area contributed by atoms with Crippen molar-refractivity contribution >= 4 is 17.6 Å². The van der Waals surface area contributed by atoms with Crippen molar-refractivity contribution in [2.24, 2.45) is 5.73 Å². The summed E-state index contributed by atoms with van der Waals surface area (Å²) < 4.78 is 0. The molecule has 5 heteroatoms. The maximum atomic E-state index is 5.96. The summed E-state index contributed by atoms with van der Waals surface area (Å²) in [5.41, 5.74) is 9.48. The normalized spacial score (nSPS) is 12.5. The summed E-state index contributed by atoms with van der Waals surface area (Å²) in [5.74, 6) is 2.01. The summed E-state index contributed by atoms with van der Waals surface area (Å²) in [5, 5.41) is 8.80. The Labute approximate surface area is 121 Å². The summed E-state index contributed by atoms with van der Waals surface area (Å²) in [6.45, 7) is 7.00.